The van der Waals surface area contributed by atoms with Crippen LogP contribution in [0.2, 0.25) is 0 Å². The van der Waals surface area contributed by atoms with Crippen molar-refractivity contribution in [3.8, 4) is 5.75 Å². The second-order valence-electron chi connectivity index (χ2n) is 4.37. The molecule has 1 atom stereocenters. The normalized spacial score (nSPS) is 11.7. The van der Waals surface area contributed by atoms with Crippen molar-refractivity contribution in [3.63, 3.8) is 0 Å². The number of nitrogens with one attached hydrogen (secondary N) is 1. The second-order valence-corrected chi connectivity index (χ2v) is 4.37. The largest absolute Gasteiger partial charge is 0.496 e. The van der Waals surface area contributed by atoms with Crippen molar-refractivity contribution in [1.82, 2.24) is 5.32 Å². The van der Waals surface area contributed by atoms with Gasteiger partial charge in [0.15, 0.2) is 0 Å². The van der Waals surface area contributed by atoms with E-state index in [9.17, 15) is 9.59 Å². The fraction of sp³-hybridized carbons (Fsp3) is 0.429. The highest BCUT2D eigenvalue weighted by atomic mass is 16.5. The molecule has 104 valence electrons. The first-order valence-corrected chi connectivity index (χ1v) is 6.16. The third kappa shape index (κ3) is 4.99. The van der Waals surface area contributed by atoms with Crippen molar-refractivity contribution >= 4 is 11.9 Å². The Balaban J connectivity index is 2.41. The summed E-state index contributed by atoms with van der Waals surface area (Å²) in [5.74, 6) is -0.760. The summed E-state index contributed by atoms with van der Waals surface area (Å²) in [6, 6.07) is 7.32. The van der Waals surface area contributed by atoms with Crippen LogP contribution in [-0.4, -0.2) is 30.6 Å². The number of carboxylic acids is 1. The highest BCUT2D eigenvalue weighted by Gasteiger charge is 2.12. The summed E-state index contributed by atoms with van der Waals surface area (Å²) >= 11 is 0. The summed E-state index contributed by atoms with van der Waals surface area (Å²) in [6.45, 7) is 1.98. The number of amides is 1. The van der Waals surface area contributed by atoms with Gasteiger partial charge in [-0.3, -0.25) is 9.59 Å². The van der Waals surface area contributed by atoms with Crippen molar-refractivity contribution in [1.29, 1.82) is 0 Å². The second kappa shape index (κ2) is 7.41. The van der Waals surface area contributed by atoms with E-state index in [1.807, 2.05) is 18.2 Å². The smallest absolute Gasteiger partial charge is 0.306 e. The Kier molecular flexibility index (Phi) is 5.85. The van der Waals surface area contributed by atoms with Gasteiger partial charge in [-0.25, -0.2) is 0 Å². The molecule has 0 aliphatic heterocycles. The van der Waals surface area contributed by atoms with Crippen molar-refractivity contribution in [2.24, 2.45) is 5.92 Å². The van der Waals surface area contributed by atoms with Crippen LogP contribution in [0.5, 0.6) is 5.75 Å². The van der Waals surface area contributed by atoms with Crippen LogP contribution in [0, 0.1) is 5.92 Å². The minimum atomic E-state index is -0.848. The minimum Gasteiger partial charge on any atom is -0.496 e. The lowest BCUT2D eigenvalue weighted by Crippen LogP contribution is -2.28. The Morgan fingerprint density at radius 1 is 1.37 bits per heavy atom. The standard InChI is InChI=1S/C14H19NO4/c1-10(14(17)18)7-8-15-13(16)9-11-5-3-4-6-12(11)19-2/h3-6,10H,7-9H2,1-2H3,(H,15,16)(H,17,18). The van der Waals surface area contributed by atoms with Gasteiger partial charge < -0.3 is 15.2 Å². The van der Waals surface area contributed by atoms with Crippen molar-refractivity contribution in [2.45, 2.75) is 19.8 Å². The lowest BCUT2D eigenvalue weighted by Gasteiger charge is -2.10. The van der Waals surface area contributed by atoms with Crippen LogP contribution in [0.4, 0.5) is 0 Å². The number of carboxylic acid groups (broad SMARTS) is 1. The molecule has 0 aliphatic carbocycles. The van der Waals surface area contributed by atoms with E-state index in [-0.39, 0.29) is 12.3 Å². The molecular weight excluding hydrogens is 246 g/mol. The van der Waals surface area contributed by atoms with Crippen LogP contribution in [0.3, 0.4) is 0 Å². The third-order valence-electron chi connectivity index (χ3n) is 2.86. The van der Waals surface area contributed by atoms with Crippen molar-refractivity contribution < 1.29 is 19.4 Å². The van der Waals surface area contributed by atoms with E-state index < -0.39 is 11.9 Å². The monoisotopic (exact) mass is 265 g/mol. The molecule has 1 aromatic carbocycles. The van der Waals surface area contributed by atoms with Gasteiger partial charge in [-0.15, -0.1) is 0 Å². The molecule has 19 heavy (non-hydrogen) atoms. The molecule has 5 heteroatoms. The summed E-state index contributed by atoms with van der Waals surface area (Å²) in [7, 11) is 1.56. The molecule has 2 N–H and O–H groups in total. The van der Waals surface area contributed by atoms with Gasteiger partial charge in [0.1, 0.15) is 5.75 Å². The van der Waals surface area contributed by atoms with Gasteiger partial charge in [-0.1, -0.05) is 25.1 Å². The predicted molar refractivity (Wildman–Crippen MR) is 71.1 cm³/mol. The number of aliphatic carboxylic acids is 1. The molecule has 0 saturated heterocycles. The highest BCUT2D eigenvalue weighted by molar-refractivity contribution is 5.79. The Morgan fingerprint density at radius 2 is 2.05 bits per heavy atom. The maximum atomic E-state index is 11.7. The molecule has 1 aromatic rings. The molecule has 1 amide bonds. The number of benzene rings is 1. The average Bonchev–Trinajstić information content (AvgIpc) is 2.39. The minimum absolute atomic E-state index is 0.137. The summed E-state index contributed by atoms with van der Waals surface area (Å²) in [4.78, 5) is 22.3. The number of carbonyl (C=O) groups is 2. The number of para-hydroxylation sites is 1. The lowest BCUT2D eigenvalue weighted by molar-refractivity contribution is -0.141. The van der Waals surface area contributed by atoms with Gasteiger partial charge in [0.2, 0.25) is 5.91 Å². The number of rotatable bonds is 7. The molecule has 0 spiro atoms. The van der Waals surface area contributed by atoms with Crippen molar-refractivity contribution in [3.05, 3.63) is 29.8 Å². The van der Waals surface area contributed by atoms with E-state index in [4.69, 9.17) is 9.84 Å². The number of ether oxygens (including phenoxy) is 1. The summed E-state index contributed by atoms with van der Waals surface area (Å²) in [6.07, 6.45) is 0.651. The zero-order chi connectivity index (χ0) is 14.3. The first-order valence-electron chi connectivity index (χ1n) is 6.16. The van der Waals surface area contributed by atoms with Crippen LogP contribution in [0.15, 0.2) is 24.3 Å². The first kappa shape index (κ1) is 15.0. The maximum Gasteiger partial charge on any atom is 0.306 e. The van der Waals surface area contributed by atoms with Gasteiger partial charge in [0.25, 0.3) is 0 Å². The fourth-order valence-electron chi connectivity index (χ4n) is 1.64. The number of methoxy groups -OCH3 is 1. The zero-order valence-electron chi connectivity index (χ0n) is 11.2. The van der Waals surface area contributed by atoms with E-state index >= 15 is 0 Å². The topological polar surface area (TPSA) is 75.6 Å². The first-order chi connectivity index (χ1) is 9.04. The molecule has 0 bridgehead atoms. The van der Waals surface area contributed by atoms with Gasteiger partial charge in [0.05, 0.1) is 19.4 Å². The van der Waals surface area contributed by atoms with Crippen LogP contribution >= 0.6 is 0 Å². The molecular formula is C14H19NO4. The molecule has 0 radical (unpaired) electrons. The molecule has 0 heterocycles. The Morgan fingerprint density at radius 3 is 2.68 bits per heavy atom. The fourth-order valence-corrected chi connectivity index (χ4v) is 1.64. The maximum absolute atomic E-state index is 11.7. The molecule has 1 unspecified atom stereocenters. The predicted octanol–water partition coefficient (Wildman–Crippen LogP) is 1.46. The van der Waals surface area contributed by atoms with E-state index in [2.05, 4.69) is 5.32 Å². The van der Waals surface area contributed by atoms with Crippen LogP contribution in [0.25, 0.3) is 0 Å². The SMILES string of the molecule is COc1ccccc1CC(=O)NCCC(C)C(=O)O. The van der Waals surface area contributed by atoms with Crippen LogP contribution in [0.1, 0.15) is 18.9 Å². The molecule has 1 rings (SSSR count). The quantitative estimate of drug-likeness (QED) is 0.782. The van der Waals surface area contributed by atoms with E-state index in [0.29, 0.717) is 18.7 Å². The highest BCUT2D eigenvalue weighted by Crippen LogP contribution is 2.17. The van der Waals surface area contributed by atoms with Gasteiger partial charge >= 0.3 is 5.97 Å². The van der Waals surface area contributed by atoms with E-state index in [1.165, 1.54) is 0 Å². The Labute approximate surface area is 112 Å². The van der Waals surface area contributed by atoms with Crippen LogP contribution in [-0.2, 0) is 16.0 Å². The summed E-state index contributed by atoms with van der Waals surface area (Å²) in [5, 5.41) is 11.4. The Bertz CT molecular complexity index is 445. The molecule has 0 saturated carbocycles. The van der Waals surface area contributed by atoms with Gasteiger partial charge in [0, 0.05) is 12.1 Å². The lowest BCUT2D eigenvalue weighted by atomic mass is 10.1. The van der Waals surface area contributed by atoms with Gasteiger partial charge in [-0.05, 0) is 12.5 Å². The number of hydrogen-bond donors (Lipinski definition) is 2. The number of carbonyl (C=O) groups excluding carboxylic acids is 1. The molecule has 0 aromatic heterocycles. The zero-order valence-corrected chi connectivity index (χ0v) is 11.2. The Hall–Kier alpha value is -2.04. The molecule has 0 aliphatic rings. The third-order valence-corrected chi connectivity index (χ3v) is 2.86. The van der Waals surface area contributed by atoms with Gasteiger partial charge in [-0.2, -0.15) is 0 Å². The van der Waals surface area contributed by atoms with Crippen LogP contribution < -0.4 is 10.1 Å². The number of hydrogen-bond acceptors (Lipinski definition) is 3. The summed E-state index contributed by atoms with van der Waals surface area (Å²) in [5.41, 5.74) is 0.814. The summed E-state index contributed by atoms with van der Waals surface area (Å²) < 4.78 is 5.16. The average molecular weight is 265 g/mol. The van der Waals surface area contributed by atoms with E-state index in [1.54, 1.807) is 20.1 Å². The van der Waals surface area contributed by atoms with Crippen molar-refractivity contribution in [2.75, 3.05) is 13.7 Å². The van der Waals surface area contributed by atoms with E-state index in [0.717, 1.165) is 5.56 Å². The molecule has 0 fully saturated rings. The molecule has 5 nitrogen and oxygen atoms in total.